The molecule has 1 atom stereocenters. The van der Waals surface area contributed by atoms with E-state index in [-0.39, 0.29) is 5.91 Å². The highest BCUT2D eigenvalue weighted by Gasteiger charge is 2.30. The van der Waals surface area contributed by atoms with Gasteiger partial charge in [-0.1, -0.05) is 59.8 Å². The summed E-state index contributed by atoms with van der Waals surface area (Å²) in [5.41, 5.74) is 2.98. The van der Waals surface area contributed by atoms with Crippen LogP contribution in [0.2, 0.25) is 0 Å². The summed E-state index contributed by atoms with van der Waals surface area (Å²) < 4.78 is 1.67. The summed E-state index contributed by atoms with van der Waals surface area (Å²) >= 11 is 1.37. The molecule has 1 fully saturated rings. The Morgan fingerprint density at radius 3 is 2.58 bits per heavy atom. The number of benzene rings is 2. The average Bonchev–Trinajstić information content (AvgIpc) is 3.35. The first kappa shape index (κ1) is 16.8. The van der Waals surface area contributed by atoms with E-state index >= 15 is 0 Å². The Kier molecular flexibility index (Phi) is 4.71. The van der Waals surface area contributed by atoms with Gasteiger partial charge in [-0.2, -0.15) is 4.68 Å². The molecule has 1 amide bonds. The van der Waals surface area contributed by atoms with Crippen LogP contribution in [0.1, 0.15) is 29.2 Å². The normalized spacial score (nSPS) is 14.8. The molecule has 1 aliphatic carbocycles. The standard InChI is InChI=1S/C19H19N5OS/c1-13-7-11-16(12-8-13)24-19(21-22-23-24)26-17(14-5-3-2-4-6-14)18(25)20-15-9-10-15/h2-8,11-12,15,17H,9-10H2,1H3,(H,20,25)/t17-/m1/s1. The topological polar surface area (TPSA) is 72.7 Å². The molecule has 0 bridgehead atoms. The summed E-state index contributed by atoms with van der Waals surface area (Å²) in [7, 11) is 0. The first-order chi connectivity index (χ1) is 12.7. The maximum atomic E-state index is 12.8. The molecule has 7 heteroatoms. The third-order valence-corrected chi connectivity index (χ3v) is 5.39. The fraction of sp³-hybridized carbons (Fsp3) is 0.263. The molecule has 1 aliphatic rings. The van der Waals surface area contributed by atoms with Crippen molar-refractivity contribution in [1.29, 1.82) is 0 Å². The lowest BCUT2D eigenvalue weighted by molar-refractivity contribution is -0.120. The van der Waals surface area contributed by atoms with Gasteiger partial charge in [0.1, 0.15) is 5.25 Å². The lowest BCUT2D eigenvalue weighted by Gasteiger charge is -2.16. The third-order valence-electron chi connectivity index (χ3n) is 4.21. The van der Waals surface area contributed by atoms with Gasteiger partial charge in [-0.3, -0.25) is 4.79 Å². The average molecular weight is 365 g/mol. The number of carbonyl (C=O) groups excluding carboxylic acids is 1. The number of nitrogens with zero attached hydrogens (tertiary/aromatic N) is 4. The minimum Gasteiger partial charge on any atom is -0.352 e. The lowest BCUT2D eigenvalue weighted by atomic mass is 10.1. The number of rotatable bonds is 6. The first-order valence-corrected chi connectivity index (χ1v) is 9.46. The predicted octanol–water partition coefficient (Wildman–Crippen LogP) is 3.08. The van der Waals surface area contributed by atoms with Crippen LogP contribution in [0.4, 0.5) is 0 Å². The van der Waals surface area contributed by atoms with E-state index in [9.17, 15) is 4.79 Å². The largest absolute Gasteiger partial charge is 0.352 e. The number of thioether (sulfide) groups is 1. The molecule has 1 aromatic heterocycles. The second kappa shape index (κ2) is 7.29. The van der Waals surface area contributed by atoms with E-state index in [0.29, 0.717) is 11.2 Å². The summed E-state index contributed by atoms with van der Waals surface area (Å²) in [6.07, 6.45) is 2.11. The van der Waals surface area contributed by atoms with Gasteiger partial charge >= 0.3 is 0 Å². The maximum absolute atomic E-state index is 12.8. The SMILES string of the molecule is Cc1ccc(-n2nnnc2S[C@@H](C(=O)NC2CC2)c2ccccc2)cc1. The molecular formula is C19H19N5OS. The Morgan fingerprint density at radius 1 is 1.15 bits per heavy atom. The number of tetrazole rings is 1. The van der Waals surface area contributed by atoms with E-state index in [0.717, 1.165) is 24.1 Å². The van der Waals surface area contributed by atoms with Crippen molar-refractivity contribution in [3.63, 3.8) is 0 Å². The van der Waals surface area contributed by atoms with Crippen molar-refractivity contribution in [2.45, 2.75) is 36.2 Å². The number of carbonyl (C=O) groups is 1. The zero-order valence-corrected chi connectivity index (χ0v) is 15.2. The highest BCUT2D eigenvalue weighted by molar-refractivity contribution is 8.00. The summed E-state index contributed by atoms with van der Waals surface area (Å²) in [5, 5.41) is 15.3. The van der Waals surface area contributed by atoms with Crippen LogP contribution in [0.3, 0.4) is 0 Å². The molecule has 1 heterocycles. The zero-order chi connectivity index (χ0) is 17.9. The fourth-order valence-electron chi connectivity index (χ4n) is 2.61. The molecule has 0 radical (unpaired) electrons. The van der Waals surface area contributed by atoms with Crippen molar-refractivity contribution < 1.29 is 4.79 Å². The Labute approximate surface area is 156 Å². The molecule has 0 unspecified atom stereocenters. The number of hydrogen-bond acceptors (Lipinski definition) is 5. The molecule has 6 nitrogen and oxygen atoms in total. The molecule has 1 N–H and O–H groups in total. The molecular weight excluding hydrogens is 346 g/mol. The lowest BCUT2D eigenvalue weighted by Crippen LogP contribution is -2.29. The summed E-state index contributed by atoms with van der Waals surface area (Å²) in [6, 6.07) is 18.0. The van der Waals surface area contributed by atoms with Gasteiger partial charge in [0.2, 0.25) is 11.1 Å². The fourth-order valence-corrected chi connectivity index (χ4v) is 3.62. The predicted molar refractivity (Wildman–Crippen MR) is 100 cm³/mol. The van der Waals surface area contributed by atoms with Crippen molar-refractivity contribution >= 4 is 17.7 Å². The van der Waals surface area contributed by atoms with Crippen LogP contribution < -0.4 is 5.32 Å². The van der Waals surface area contributed by atoms with Gasteiger partial charge in [-0.15, -0.1) is 5.10 Å². The molecule has 2 aromatic carbocycles. The summed E-state index contributed by atoms with van der Waals surface area (Å²) in [5.74, 6) is 0.00200. The molecule has 0 aliphatic heterocycles. The smallest absolute Gasteiger partial charge is 0.238 e. The van der Waals surface area contributed by atoms with Crippen molar-refractivity contribution in [2.24, 2.45) is 0 Å². The number of aromatic nitrogens is 4. The van der Waals surface area contributed by atoms with Crippen molar-refractivity contribution in [2.75, 3.05) is 0 Å². The van der Waals surface area contributed by atoms with Crippen molar-refractivity contribution in [3.8, 4) is 5.69 Å². The van der Waals surface area contributed by atoms with Crippen LogP contribution in [0.25, 0.3) is 5.69 Å². The van der Waals surface area contributed by atoms with Crippen LogP contribution >= 0.6 is 11.8 Å². The van der Waals surface area contributed by atoms with Crippen molar-refractivity contribution in [1.82, 2.24) is 25.5 Å². The second-order valence-corrected chi connectivity index (χ2v) is 7.47. The molecule has 0 saturated heterocycles. The second-order valence-electron chi connectivity index (χ2n) is 6.40. The third kappa shape index (κ3) is 3.77. The molecule has 132 valence electrons. The Balaban J connectivity index is 1.63. The van der Waals surface area contributed by atoms with Crippen molar-refractivity contribution in [3.05, 3.63) is 65.7 Å². The van der Waals surface area contributed by atoms with E-state index in [1.807, 2.05) is 61.5 Å². The van der Waals surface area contributed by atoms with E-state index in [1.165, 1.54) is 17.3 Å². The highest BCUT2D eigenvalue weighted by atomic mass is 32.2. The maximum Gasteiger partial charge on any atom is 0.238 e. The summed E-state index contributed by atoms with van der Waals surface area (Å²) in [4.78, 5) is 12.8. The van der Waals surface area contributed by atoms with Crippen LogP contribution in [-0.2, 0) is 4.79 Å². The quantitative estimate of drug-likeness (QED) is 0.680. The first-order valence-electron chi connectivity index (χ1n) is 8.58. The van der Waals surface area contributed by atoms with E-state index in [2.05, 4.69) is 20.8 Å². The van der Waals surface area contributed by atoms with Gasteiger partial charge in [0.15, 0.2) is 0 Å². The van der Waals surface area contributed by atoms with Gasteiger partial charge < -0.3 is 5.32 Å². The van der Waals surface area contributed by atoms with Crippen LogP contribution in [-0.4, -0.2) is 32.2 Å². The minimum absolute atomic E-state index is 0.00200. The van der Waals surface area contributed by atoms with Gasteiger partial charge in [-0.05, 0) is 47.9 Å². The summed E-state index contributed by atoms with van der Waals surface area (Å²) in [6.45, 7) is 2.03. The minimum atomic E-state index is -0.396. The van der Waals surface area contributed by atoms with Gasteiger partial charge in [0, 0.05) is 6.04 Å². The molecule has 4 rings (SSSR count). The Morgan fingerprint density at radius 2 is 1.88 bits per heavy atom. The van der Waals surface area contributed by atoms with Gasteiger partial charge in [0.05, 0.1) is 5.69 Å². The van der Waals surface area contributed by atoms with E-state index in [1.54, 1.807) is 4.68 Å². The van der Waals surface area contributed by atoms with E-state index < -0.39 is 5.25 Å². The molecule has 3 aromatic rings. The Hall–Kier alpha value is -2.67. The molecule has 26 heavy (non-hydrogen) atoms. The monoisotopic (exact) mass is 365 g/mol. The highest BCUT2D eigenvalue weighted by Crippen LogP contribution is 2.35. The number of nitrogens with one attached hydrogen (secondary N) is 1. The molecule has 0 spiro atoms. The van der Waals surface area contributed by atoms with Crippen LogP contribution in [0.15, 0.2) is 59.8 Å². The van der Waals surface area contributed by atoms with Crippen LogP contribution in [0.5, 0.6) is 0 Å². The Bertz CT molecular complexity index is 890. The molecule has 1 saturated carbocycles. The zero-order valence-electron chi connectivity index (χ0n) is 14.4. The number of hydrogen-bond donors (Lipinski definition) is 1. The van der Waals surface area contributed by atoms with Crippen LogP contribution in [0, 0.1) is 6.92 Å². The number of aryl methyl sites for hydroxylation is 1. The number of amides is 1. The van der Waals surface area contributed by atoms with Gasteiger partial charge in [0.25, 0.3) is 0 Å². The van der Waals surface area contributed by atoms with Gasteiger partial charge in [-0.25, -0.2) is 0 Å². The van der Waals surface area contributed by atoms with E-state index in [4.69, 9.17) is 0 Å².